The van der Waals surface area contributed by atoms with E-state index in [9.17, 15) is 4.79 Å². The molecule has 0 radical (unpaired) electrons. The highest BCUT2D eigenvalue weighted by Crippen LogP contribution is 2.18. The first-order valence-electron chi connectivity index (χ1n) is 6.86. The van der Waals surface area contributed by atoms with Gasteiger partial charge in [0.25, 0.3) is 0 Å². The Morgan fingerprint density at radius 3 is 2.53 bits per heavy atom. The van der Waals surface area contributed by atoms with E-state index in [1.54, 1.807) is 0 Å². The number of hydrogen-bond donors (Lipinski definition) is 1. The van der Waals surface area contributed by atoms with E-state index in [1.807, 2.05) is 36.2 Å². The molecule has 104 valence electrons. The van der Waals surface area contributed by atoms with Gasteiger partial charge in [-0.25, -0.2) is 0 Å². The van der Waals surface area contributed by atoms with Crippen LogP contribution in [0.4, 0.5) is 0 Å². The van der Waals surface area contributed by atoms with Gasteiger partial charge in [0.15, 0.2) is 0 Å². The Labute approximate surface area is 123 Å². The van der Waals surface area contributed by atoms with Crippen molar-refractivity contribution in [3.05, 3.63) is 34.3 Å². The number of halogens is 1. The molecule has 2 rings (SSSR count). The Kier molecular flexibility index (Phi) is 5.40. The lowest BCUT2D eigenvalue weighted by molar-refractivity contribution is -0.131. The monoisotopic (exact) mass is 324 g/mol. The van der Waals surface area contributed by atoms with Crippen molar-refractivity contribution in [2.24, 2.45) is 5.92 Å². The Hall–Kier alpha value is -0.870. The maximum absolute atomic E-state index is 12.2. The molecule has 1 aromatic carbocycles. The van der Waals surface area contributed by atoms with Crippen LogP contribution in [0.5, 0.6) is 0 Å². The third-order valence-electron chi connectivity index (χ3n) is 3.73. The SMILES string of the molecule is CNCC1CCN(C(=O)Cc2ccc(Br)cc2)CC1. The van der Waals surface area contributed by atoms with Crippen LogP contribution in [0.3, 0.4) is 0 Å². The summed E-state index contributed by atoms with van der Waals surface area (Å²) < 4.78 is 1.05. The minimum atomic E-state index is 0.255. The number of carbonyl (C=O) groups excluding carboxylic acids is 1. The van der Waals surface area contributed by atoms with Gasteiger partial charge >= 0.3 is 0 Å². The lowest BCUT2D eigenvalue weighted by atomic mass is 9.96. The first-order chi connectivity index (χ1) is 9.19. The van der Waals surface area contributed by atoms with Crippen LogP contribution in [0.15, 0.2) is 28.7 Å². The smallest absolute Gasteiger partial charge is 0.226 e. The van der Waals surface area contributed by atoms with Crippen molar-refractivity contribution in [2.45, 2.75) is 19.3 Å². The van der Waals surface area contributed by atoms with Crippen LogP contribution >= 0.6 is 15.9 Å². The third-order valence-corrected chi connectivity index (χ3v) is 4.26. The molecule has 1 N–H and O–H groups in total. The highest BCUT2D eigenvalue weighted by atomic mass is 79.9. The number of benzene rings is 1. The molecule has 0 aliphatic carbocycles. The lowest BCUT2D eigenvalue weighted by Gasteiger charge is -2.32. The molecule has 1 aliphatic heterocycles. The number of carbonyl (C=O) groups is 1. The summed E-state index contributed by atoms with van der Waals surface area (Å²) in [7, 11) is 1.99. The number of rotatable bonds is 4. The van der Waals surface area contributed by atoms with E-state index in [2.05, 4.69) is 21.2 Å². The van der Waals surface area contributed by atoms with Crippen molar-refractivity contribution >= 4 is 21.8 Å². The van der Waals surface area contributed by atoms with Gasteiger partial charge in [-0.3, -0.25) is 4.79 Å². The van der Waals surface area contributed by atoms with E-state index in [0.29, 0.717) is 6.42 Å². The fourth-order valence-corrected chi connectivity index (χ4v) is 2.83. The van der Waals surface area contributed by atoms with Gasteiger partial charge in [-0.15, -0.1) is 0 Å². The number of piperidine rings is 1. The minimum Gasteiger partial charge on any atom is -0.342 e. The molecule has 1 fully saturated rings. The first-order valence-corrected chi connectivity index (χ1v) is 7.65. The number of nitrogens with one attached hydrogen (secondary N) is 1. The van der Waals surface area contributed by atoms with Crippen LogP contribution in [-0.4, -0.2) is 37.5 Å². The summed E-state index contributed by atoms with van der Waals surface area (Å²) in [5, 5.41) is 3.22. The van der Waals surface area contributed by atoms with Gasteiger partial charge in [0.1, 0.15) is 0 Å². The molecule has 0 spiro atoms. The van der Waals surface area contributed by atoms with E-state index in [0.717, 1.165) is 48.4 Å². The molecular weight excluding hydrogens is 304 g/mol. The predicted octanol–water partition coefficient (Wildman–Crippen LogP) is 2.45. The number of nitrogens with zero attached hydrogens (tertiary/aromatic N) is 1. The zero-order valence-corrected chi connectivity index (χ0v) is 12.9. The largest absolute Gasteiger partial charge is 0.342 e. The van der Waals surface area contributed by atoms with Gasteiger partial charge in [-0.05, 0) is 50.0 Å². The molecule has 1 amide bonds. The van der Waals surface area contributed by atoms with Gasteiger partial charge < -0.3 is 10.2 Å². The molecule has 3 nitrogen and oxygen atoms in total. The van der Waals surface area contributed by atoms with Crippen molar-refractivity contribution in [1.29, 1.82) is 0 Å². The number of amides is 1. The molecule has 0 aromatic heterocycles. The van der Waals surface area contributed by atoms with Gasteiger partial charge in [0.2, 0.25) is 5.91 Å². The number of hydrogen-bond acceptors (Lipinski definition) is 2. The van der Waals surface area contributed by atoms with Crippen molar-refractivity contribution in [3.8, 4) is 0 Å². The van der Waals surface area contributed by atoms with Gasteiger partial charge in [-0.1, -0.05) is 28.1 Å². The van der Waals surface area contributed by atoms with Crippen molar-refractivity contribution in [3.63, 3.8) is 0 Å². The molecule has 1 heterocycles. The Morgan fingerprint density at radius 1 is 1.32 bits per heavy atom. The van der Waals surface area contributed by atoms with Gasteiger partial charge in [0, 0.05) is 17.6 Å². The van der Waals surface area contributed by atoms with Crippen LogP contribution in [0.2, 0.25) is 0 Å². The summed E-state index contributed by atoms with van der Waals surface area (Å²) in [4.78, 5) is 14.2. The lowest BCUT2D eigenvalue weighted by Crippen LogP contribution is -2.41. The Balaban J connectivity index is 1.83. The Morgan fingerprint density at radius 2 is 1.95 bits per heavy atom. The van der Waals surface area contributed by atoms with Crippen LogP contribution in [0.25, 0.3) is 0 Å². The van der Waals surface area contributed by atoms with E-state index in [1.165, 1.54) is 0 Å². The molecular formula is C15H21BrN2O. The van der Waals surface area contributed by atoms with Crippen LogP contribution < -0.4 is 5.32 Å². The van der Waals surface area contributed by atoms with Crippen LogP contribution in [0, 0.1) is 5.92 Å². The average molecular weight is 325 g/mol. The third kappa shape index (κ3) is 4.32. The van der Waals surface area contributed by atoms with Gasteiger partial charge in [0.05, 0.1) is 6.42 Å². The second kappa shape index (κ2) is 7.06. The van der Waals surface area contributed by atoms with Crippen molar-refractivity contribution < 1.29 is 4.79 Å². The quantitative estimate of drug-likeness (QED) is 0.922. The van der Waals surface area contributed by atoms with Crippen LogP contribution in [-0.2, 0) is 11.2 Å². The van der Waals surface area contributed by atoms with E-state index >= 15 is 0 Å². The summed E-state index contributed by atoms with van der Waals surface area (Å²) in [6, 6.07) is 8.00. The fourth-order valence-electron chi connectivity index (χ4n) is 2.56. The van der Waals surface area contributed by atoms with Crippen molar-refractivity contribution in [2.75, 3.05) is 26.7 Å². The molecule has 0 atom stereocenters. The summed E-state index contributed by atoms with van der Waals surface area (Å²) in [5.41, 5.74) is 1.09. The van der Waals surface area contributed by atoms with Gasteiger partial charge in [-0.2, -0.15) is 0 Å². The maximum atomic E-state index is 12.2. The first kappa shape index (κ1) is 14.5. The predicted molar refractivity (Wildman–Crippen MR) is 81.1 cm³/mol. The molecule has 19 heavy (non-hydrogen) atoms. The zero-order valence-electron chi connectivity index (χ0n) is 11.4. The number of likely N-dealkylation sites (tertiary alicyclic amines) is 1. The molecule has 0 saturated carbocycles. The summed E-state index contributed by atoms with van der Waals surface area (Å²) in [6.45, 7) is 2.87. The molecule has 1 aliphatic rings. The second-order valence-corrected chi connectivity index (χ2v) is 6.10. The molecule has 1 saturated heterocycles. The van der Waals surface area contributed by atoms with E-state index in [4.69, 9.17) is 0 Å². The fraction of sp³-hybridized carbons (Fsp3) is 0.533. The molecule has 0 bridgehead atoms. The summed E-state index contributed by atoms with van der Waals surface area (Å²) in [6.07, 6.45) is 2.75. The molecule has 1 aromatic rings. The normalized spacial score (nSPS) is 16.6. The van der Waals surface area contributed by atoms with E-state index < -0.39 is 0 Å². The van der Waals surface area contributed by atoms with E-state index in [-0.39, 0.29) is 5.91 Å². The summed E-state index contributed by atoms with van der Waals surface area (Å²) in [5.74, 6) is 0.979. The van der Waals surface area contributed by atoms with Crippen molar-refractivity contribution in [1.82, 2.24) is 10.2 Å². The molecule has 0 unspecified atom stereocenters. The Bertz CT molecular complexity index is 411. The topological polar surface area (TPSA) is 32.3 Å². The standard InChI is InChI=1S/C15H21BrN2O/c1-17-11-13-6-8-18(9-7-13)15(19)10-12-2-4-14(16)5-3-12/h2-5,13,17H,6-11H2,1H3. The maximum Gasteiger partial charge on any atom is 0.226 e. The second-order valence-electron chi connectivity index (χ2n) is 5.19. The average Bonchev–Trinajstić information content (AvgIpc) is 2.42. The highest BCUT2D eigenvalue weighted by Gasteiger charge is 2.22. The minimum absolute atomic E-state index is 0.255. The summed E-state index contributed by atoms with van der Waals surface area (Å²) >= 11 is 3.41. The zero-order chi connectivity index (χ0) is 13.7. The van der Waals surface area contributed by atoms with Crippen LogP contribution in [0.1, 0.15) is 18.4 Å². The highest BCUT2D eigenvalue weighted by molar-refractivity contribution is 9.10. The molecule has 4 heteroatoms.